The van der Waals surface area contributed by atoms with Crippen LogP contribution in [0.2, 0.25) is 0 Å². The molecule has 1 aliphatic rings. The van der Waals surface area contributed by atoms with Crippen LogP contribution >= 0.6 is 0 Å². The highest BCUT2D eigenvalue weighted by molar-refractivity contribution is 5.68. The van der Waals surface area contributed by atoms with Gasteiger partial charge in [0.25, 0.3) is 6.43 Å². The second-order valence-electron chi connectivity index (χ2n) is 7.11. The van der Waals surface area contributed by atoms with E-state index in [-0.39, 0.29) is 24.7 Å². The molecule has 1 rings (SSSR count). The van der Waals surface area contributed by atoms with Crippen molar-refractivity contribution in [3.05, 3.63) is 0 Å². The van der Waals surface area contributed by atoms with Crippen LogP contribution in [0.5, 0.6) is 0 Å². The number of halogens is 2. The largest absolute Gasteiger partial charge is 0.444 e. The SMILES string of the molecule is CC(CC1CCCCCN1C(=O)OC(C)(C)C)NCC(F)F. The van der Waals surface area contributed by atoms with Crippen molar-refractivity contribution < 1.29 is 18.3 Å². The number of nitrogens with zero attached hydrogens (tertiary/aromatic N) is 1. The van der Waals surface area contributed by atoms with Crippen LogP contribution in [0.1, 0.15) is 59.8 Å². The van der Waals surface area contributed by atoms with E-state index in [1.165, 1.54) is 0 Å². The number of rotatable bonds is 5. The fourth-order valence-corrected chi connectivity index (χ4v) is 2.77. The summed E-state index contributed by atoms with van der Waals surface area (Å²) in [6.45, 7) is 7.82. The van der Waals surface area contributed by atoms with Crippen molar-refractivity contribution >= 4 is 6.09 Å². The van der Waals surface area contributed by atoms with Gasteiger partial charge in [-0.3, -0.25) is 0 Å². The highest BCUT2D eigenvalue weighted by atomic mass is 19.3. The molecule has 0 aliphatic carbocycles. The monoisotopic (exact) mass is 320 g/mol. The minimum Gasteiger partial charge on any atom is -0.444 e. The predicted molar refractivity (Wildman–Crippen MR) is 83.3 cm³/mol. The van der Waals surface area contributed by atoms with Crippen molar-refractivity contribution in [1.29, 1.82) is 0 Å². The third-order valence-corrected chi connectivity index (χ3v) is 3.75. The Hall–Kier alpha value is -0.910. The maximum atomic E-state index is 12.4. The van der Waals surface area contributed by atoms with Crippen LogP contribution in [0.4, 0.5) is 13.6 Å². The molecule has 0 aromatic rings. The molecule has 1 heterocycles. The van der Waals surface area contributed by atoms with Crippen molar-refractivity contribution in [1.82, 2.24) is 10.2 Å². The van der Waals surface area contributed by atoms with Gasteiger partial charge >= 0.3 is 6.09 Å². The quantitative estimate of drug-likeness (QED) is 0.838. The lowest BCUT2D eigenvalue weighted by molar-refractivity contribution is 0.0148. The molecule has 1 aliphatic heterocycles. The molecule has 0 saturated carbocycles. The Labute approximate surface area is 132 Å². The number of likely N-dealkylation sites (tertiary alicyclic amines) is 1. The van der Waals surface area contributed by atoms with Crippen molar-refractivity contribution in [3.8, 4) is 0 Å². The molecule has 2 atom stereocenters. The maximum absolute atomic E-state index is 12.4. The minimum absolute atomic E-state index is 0.0533. The van der Waals surface area contributed by atoms with E-state index in [2.05, 4.69) is 5.32 Å². The molecule has 6 heteroatoms. The first-order valence-corrected chi connectivity index (χ1v) is 8.20. The molecule has 1 saturated heterocycles. The summed E-state index contributed by atoms with van der Waals surface area (Å²) in [5, 5.41) is 2.83. The van der Waals surface area contributed by atoms with Crippen LogP contribution < -0.4 is 5.32 Å². The van der Waals surface area contributed by atoms with Gasteiger partial charge in [0.15, 0.2) is 0 Å². The van der Waals surface area contributed by atoms with Gasteiger partial charge in [0, 0.05) is 18.6 Å². The Balaban J connectivity index is 2.63. The molecule has 2 unspecified atom stereocenters. The number of amides is 1. The molecule has 22 heavy (non-hydrogen) atoms. The smallest absolute Gasteiger partial charge is 0.410 e. The summed E-state index contributed by atoms with van der Waals surface area (Å²) in [7, 11) is 0. The van der Waals surface area contributed by atoms with Gasteiger partial charge in [-0.05, 0) is 47.0 Å². The first kappa shape index (κ1) is 19.1. The average Bonchev–Trinajstić information content (AvgIpc) is 2.59. The molecule has 0 bridgehead atoms. The second-order valence-corrected chi connectivity index (χ2v) is 7.11. The Bertz CT molecular complexity index is 346. The number of ether oxygens (including phenoxy) is 1. The standard InChI is InChI=1S/C16H30F2N2O2/c1-12(19-11-14(17)18)10-13-8-6-5-7-9-20(13)15(21)22-16(2,3)4/h12-14,19H,5-11H2,1-4H3. The first-order chi connectivity index (χ1) is 10.2. The van der Waals surface area contributed by atoms with Gasteiger partial charge < -0.3 is 15.0 Å². The summed E-state index contributed by atoms with van der Waals surface area (Å²) in [6, 6.07) is -0.000408. The lowest BCUT2D eigenvalue weighted by atomic mass is 10.0. The van der Waals surface area contributed by atoms with Crippen LogP contribution in [-0.2, 0) is 4.74 Å². The Morgan fingerprint density at radius 3 is 2.59 bits per heavy atom. The molecule has 130 valence electrons. The Morgan fingerprint density at radius 2 is 2.00 bits per heavy atom. The van der Waals surface area contributed by atoms with Crippen molar-refractivity contribution in [2.24, 2.45) is 0 Å². The number of hydrogen-bond acceptors (Lipinski definition) is 3. The fraction of sp³-hybridized carbons (Fsp3) is 0.938. The summed E-state index contributed by atoms with van der Waals surface area (Å²) in [6.07, 6.45) is 2.06. The molecule has 1 amide bonds. The normalized spacial score (nSPS) is 21.6. The van der Waals surface area contributed by atoms with E-state index in [0.717, 1.165) is 25.7 Å². The summed E-state index contributed by atoms with van der Waals surface area (Å²) < 4.78 is 30.1. The van der Waals surface area contributed by atoms with Crippen LogP contribution in [0.15, 0.2) is 0 Å². The van der Waals surface area contributed by atoms with Crippen molar-refractivity contribution in [3.63, 3.8) is 0 Å². The van der Waals surface area contributed by atoms with Crippen molar-refractivity contribution in [2.75, 3.05) is 13.1 Å². The summed E-state index contributed by atoms with van der Waals surface area (Å²) in [5.41, 5.74) is -0.520. The Kier molecular flexibility index (Phi) is 7.53. The van der Waals surface area contributed by atoms with E-state index >= 15 is 0 Å². The van der Waals surface area contributed by atoms with E-state index in [0.29, 0.717) is 13.0 Å². The average molecular weight is 320 g/mol. The molecular weight excluding hydrogens is 290 g/mol. The van der Waals surface area contributed by atoms with Gasteiger partial charge in [-0.2, -0.15) is 0 Å². The number of carbonyl (C=O) groups excluding carboxylic acids is 1. The third kappa shape index (κ3) is 7.38. The fourth-order valence-electron chi connectivity index (χ4n) is 2.77. The van der Waals surface area contributed by atoms with Crippen LogP contribution in [0.3, 0.4) is 0 Å². The van der Waals surface area contributed by atoms with E-state index in [4.69, 9.17) is 4.74 Å². The predicted octanol–water partition coefficient (Wildman–Crippen LogP) is 3.80. The molecular formula is C16H30F2N2O2. The molecule has 1 N–H and O–H groups in total. The van der Waals surface area contributed by atoms with E-state index in [1.54, 1.807) is 4.90 Å². The first-order valence-electron chi connectivity index (χ1n) is 8.20. The molecule has 0 spiro atoms. The zero-order valence-electron chi connectivity index (χ0n) is 14.2. The second kappa shape index (κ2) is 8.65. The lowest BCUT2D eigenvalue weighted by Crippen LogP contribution is -2.46. The zero-order chi connectivity index (χ0) is 16.8. The van der Waals surface area contributed by atoms with Crippen LogP contribution in [-0.4, -0.2) is 48.2 Å². The number of hydrogen-bond donors (Lipinski definition) is 1. The van der Waals surface area contributed by atoms with Gasteiger partial charge in [0.05, 0.1) is 6.54 Å². The van der Waals surface area contributed by atoms with Crippen molar-refractivity contribution in [2.45, 2.75) is 83.9 Å². The summed E-state index contributed by atoms with van der Waals surface area (Å²) >= 11 is 0. The van der Waals surface area contributed by atoms with E-state index in [9.17, 15) is 13.6 Å². The highest BCUT2D eigenvalue weighted by Crippen LogP contribution is 2.23. The van der Waals surface area contributed by atoms with E-state index in [1.807, 2.05) is 27.7 Å². The maximum Gasteiger partial charge on any atom is 0.410 e. The number of alkyl halides is 2. The number of nitrogens with one attached hydrogen (secondary N) is 1. The molecule has 4 nitrogen and oxygen atoms in total. The van der Waals surface area contributed by atoms with Gasteiger partial charge in [-0.15, -0.1) is 0 Å². The van der Waals surface area contributed by atoms with Gasteiger partial charge in [0.2, 0.25) is 0 Å². The van der Waals surface area contributed by atoms with Crippen LogP contribution in [0.25, 0.3) is 0 Å². The highest BCUT2D eigenvalue weighted by Gasteiger charge is 2.30. The molecule has 1 fully saturated rings. The van der Waals surface area contributed by atoms with Gasteiger partial charge in [-0.1, -0.05) is 12.8 Å². The minimum atomic E-state index is -2.35. The van der Waals surface area contributed by atoms with Gasteiger partial charge in [-0.25, -0.2) is 13.6 Å². The molecule has 0 aromatic carbocycles. The third-order valence-electron chi connectivity index (χ3n) is 3.75. The Morgan fingerprint density at radius 1 is 1.32 bits per heavy atom. The van der Waals surface area contributed by atoms with Crippen LogP contribution in [0, 0.1) is 0 Å². The number of carbonyl (C=O) groups is 1. The molecule has 0 aromatic heterocycles. The lowest BCUT2D eigenvalue weighted by Gasteiger charge is -2.33. The zero-order valence-corrected chi connectivity index (χ0v) is 14.2. The van der Waals surface area contributed by atoms with E-state index < -0.39 is 12.0 Å². The topological polar surface area (TPSA) is 41.6 Å². The van der Waals surface area contributed by atoms with Gasteiger partial charge in [0.1, 0.15) is 5.60 Å². The summed E-state index contributed by atoms with van der Waals surface area (Å²) in [5.74, 6) is 0. The summed E-state index contributed by atoms with van der Waals surface area (Å²) in [4.78, 5) is 14.2. The molecule has 0 radical (unpaired) electrons.